The summed E-state index contributed by atoms with van der Waals surface area (Å²) in [6.45, 7) is 5.24. The van der Waals surface area contributed by atoms with Crippen molar-refractivity contribution in [3.8, 4) is 0 Å². The molecule has 20 heavy (non-hydrogen) atoms. The van der Waals surface area contributed by atoms with Crippen molar-refractivity contribution in [3.05, 3.63) is 39.9 Å². The first-order chi connectivity index (χ1) is 9.65. The normalized spacial score (nSPS) is 12.3. The van der Waals surface area contributed by atoms with Gasteiger partial charge >= 0.3 is 0 Å². The zero-order chi connectivity index (χ0) is 14.8. The Morgan fingerprint density at radius 3 is 2.60 bits per heavy atom. The van der Waals surface area contributed by atoms with Crippen molar-refractivity contribution < 1.29 is 4.92 Å². The van der Waals surface area contributed by atoms with Gasteiger partial charge in [-0.15, -0.1) is 0 Å². The first kappa shape index (κ1) is 16.6. The van der Waals surface area contributed by atoms with E-state index in [1.807, 2.05) is 6.07 Å². The van der Waals surface area contributed by atoms with Crippen molar-refractivity contribution in [2.24, 2.45) is 0 Å². The first-order valence-electron chi connectivity index (χ1n) is 7.63. The second kappa shape index (κ2) is 9.48. The van der Waals surface area contributed by atoms with Crippen LogP contribution in [0.5, 0.6) is 0 Å². The monoisotopic (exact) mass is 278 g/mol. The van der Waals surface area contributed by atoms with Crippen molar-refractivity contribution in [1.82, 2.24) is 5.32 Å². The number of unbranched alkanes of at least 4 members (excludes halogenated alkanes) is 5. The zero-order valence-electron chi connectivity index (χ0n) is 12.6. The Labute approximate surface area is 121 Å². The number of hydrogen-bond donors (Lipinski definition) is 1. The number of hydrogen-bond acceptors (Lipinski definition) is 3. The van der Waals surface area contributed by atoms with E-state index in [1.165, 1.54) is 44.6 Å². The molecule has 0 radical (unpaired) electrons. The standard InChI is InChI=1S/C16H26N2O2/c1-3-4-5-6-7-8-12-17-14(2)15-10-9-11-16(13-15)18(19)20/h9-11,13-14,17H,3-8,12H2,1-2H3. The first-order valence-corrected chi connectivity index (χ1v) is 7.63. The highest BCUT2D eigenvalue weighted by atomic mass is 16.6. The Kier molecular flexibility index (Phi) is 7.88. The quantitative estimate of drug-likeness (QED) is 0.386. The highest BCUT2D eigenvalue weighted by molar-refractivity contribution is 5.35. The molecule has 1 unspecified atom stereocenters. The third-order valence-corrected chi connectivity index (χ3v) is 3.56. The number of non-ortho nitro benzene ring substituents is 1. The molecule has 1 aromatic rings. The molecule has 0 saturated heterocycles. The smallest absolute Gasteiger partial charge is 0.269 e. The Morgan fingerprint density at radius 1 is 1.20 bits per heavy atom. The van der Waals surface area contributed by atoms with Crippen LogP contribution >= 0.6 is 0 Å². The van der Waals surface area contributed by atoms with Gasteiger partial charge in [-0.3, -0.25) is 10.1 Å². The van der Waals surface area contributed by atoms with Gasteiger partial charge in [0.05, 0.1) is 4.92 Å². The molecule has 0 aliphatic carbocycles. The van der Waals surface area contributed by atoms with Crippen LogP contribution in [0.25, 0.3) is 0 Å². The molecular weight excluding hydrogens is 252 g/mol. The van der Waals surface area contributed by atoms with E-state index in [1.54, 1.807) is 12.1 Å². The van der Waals surface area contributed by atoms with Gasteiger partial charge in [0.25, 0.3) is 5.69 Å². The summed E-state index contributed by atoms with van der Waals surface area (Å²) in [4.78, 5) is 10.4. The minimum atomic E-state index is -0.343. The van der Waals surface area contributed by atoms with Gasteiger partial charge in [0.1, 0.15) is 0 Å². The van der Waals surface area contributed by atoms with Gasteiger partial charge < -0.3 is 5.32 Å². The van der Waals surface area contributed by atoms with Crippen LogP contribution in [-0.2, 0) is 0 Å². The minimum absolute atomic E-state index is 0.158. The summed E-state index contributed by atoms with van der Waals surface area (Å²) in [7, 11) is 0. The Bertz CT molecular complexity index is 407. The number of rotatable bonds is 10. The van der Waals surface area contributed by atoms with E-state index >= 15 is 0 Å². The predicted octanol–water partition coefficient (Wildman–Crippen LogP) is 4.61. The lowest BCUT2D eigenvalue weighted by Crippen LogP contribution is -2.19. The Hall–Kier alpha value is -1.42. The van der Waals surface area contributed by atoms with E-state index in [0.717, 1.165) is 12.1 Å². The summed E-state index contributed by atoms with van der Waals surface area (Å²) in [5.74, 6) is 0. The van der Waals surface area contributed by atoms with Gasteiger partial charge in [0, 0.05) is 18.2 Å². The molecule has 112 valence electrons. The fourth-order valence-electron chi connectivity index (χ4n) is 2.25. The molecule has 0 aliphatic heterocycles. The van der Waals surface area contributed by atoms with Gasteiger partial charge in [-0.1, -0.05) is 51.2 Å². The van der Waals surface area contributed by atoms with Crippen molar-refractivity contribution >= 4 is 5.69 Å². The molecule has 0 fully saturated rings. The molecule has 0 saturated carbocycles. The van der Waals surface area contributed by atoms with Crippen molar-refractivity contribution in [2.75, 3.05) is 6.54 Å². The number of nitrogens with zero attached hydrogens (tertiary/aromatic N) is 1. The molecule has 1 rings (SSSR count). The number of benzene rings is 1. The van der Waals surface area contributed by atoms with E-state index < -0.39 is 0 Å². The molecule has 0 aromatic heterocycles. The van der Waals surface area contributed by atoms with Crippen LogP contribution in [0.2, 0.25) is 0 Å². The van der Waals surface area contributed by atoms with E-state index in [0.29, 0.717) is 0 Å². The third-order valence-electron chi connectivity index (χ3n) is 3.56. The second-order valence-corrected chi connectivity index (χ2v) is 5.30. The van der Waals surface area contributed by atoms with Crippen LogP contribution in [0.1, 0.15) is 64.0 Å². The molecule has 0 heterocycles. The average molecular weight is 278 g/mol. The predicted molar refractivity (Wildman–Crippen MR) is 82.9 cm³/mol. The van der Waals surface area contributed by atoms with Gasteiger partial charge in [0.2, 0.25) is 0 Å². The van der Waals surface area contributed by atoms with Crippen LogP contribution < -0.4 is 5.32 Å². The topological polar surface area (TPSA) is 55.2 Å². The maximum absolute atomic E-state index is 10.7. The van der Waals surface area contributed by atoms with E-state index in [-0.39, 0.29) is 16.7 Å². The fourth-order valence-corrected chi connectivity index (χ4v) is 2.25. The van der Waals surface area contributed by atoms with Crippen LogP contribution in [0.15, 0.2) is 24.3 Å². The summed E-state index contributed by atoms with van der Waals surface area (Å²) in [6, 6.07) is 7.02. The van der Waals surface area contributed by atoms with Crippen molar-refractivity contribution in [3.63, 3.8) is 0 Å². The summed E-state index contributed by atoms with van der Waals surface area (Å²) in [6.07, 6.45) is 7.68. The van der Waals surface area contributed by atoms with Gasteiger partial charge in [-0.2, -0.15) is 0 Å². The molecule has 1 aromatic carbocycles. The van der Waals surface area contributed by atoms with Gasteiger partial charge in [-0.25, -0.2) is 0 Å². The molecule has 0 amide bonds. The second-order valence-electron chi connectivity index (χ2n) is 5.30. The molecular formula is C16H26N2O2. The van der Waals surface area contributed by atoms with Crippen LogP contribution in [0, 0.1) is 10.1 Å². The van der Waals surface area contributed by atoms with Crippen LogP contribution in [-0.4, -0.2) is 11.5 Å². The molecule has 4 nitrogen and oxygen atoms in total. The van der Waals surface area contributed by atoms with Gasteiger partial charge in [-0.05, 0) is 25.5 Å². The van der Waals surface area contributed by atoms with E-state index in [9.17, 15) is 10.1 Å². The van der Waals surface area contributed by atoms with Crippen molar-refractivity contribution in [2.45, 2.75) is 58.4 Å². The fraction of sp³-hybridized carbons (Fsp3) is 0.625. The lowest BCUT2D eigenvalue weighted by atomic mass is 10.1. The molecule has 0 aliphatic rings. The number of nitro benzene ring substituents is 1. The maximum Gasteiger partial charge on any atom is 0.269 e. The SMILES string of the molecule is CCCCCCCCNC(C)c1cccc([N+](=O)[O-])c1. The molecule has 4 heteroatoms. The zero-order valence-corrected chi connectivity index (χ0v) is 12.6. The van der Waals surface area contributed by atoms with Gasteiger partial charge in [0.15, 0.2) is 0 Å². The summed E-state index contributed by atoms with van der Waals surface area (Å²) >= 11 is 0. The molecule has 0 bridgehead atoms. The molecule has 0 spiro atoms. The highest BCUT2D eigenvalue weighted by Gasteiger charge is 2.10. The summed E-state index contributed by atoms with van der Waals surface area (Å²) < 4.78 is 0. The van der Waals surface area contributed by atoms with Crippen LogP contribution in [0.4, 0.5) is 5.69 Å². The minimum Gasteiger partial charge on any atom is -0.310 e. The van der Waals surface area contributed by atoms with E-state index in [2.05, 4.69) is 19.2 Å². The molecule has 1 atom stereocenters. The lowest BCUT2D eigenvalue weighted by molar-refractivity contribution is -0.384. The summed E-state index contributed by atoms with van der Waals surface area (Å²) in [5.41, 5.74) is 1.14. The Morgan fingerprint density at radius 2 is 1.90 bits per heavy atom. The lowest BCUT2D eigenvalue weighted by Gasteiger charge is -2.14. The Balaban J connectivity index is 2.27. The molecule has 1 N–H and O–H groups in total. The largest absolute Gasteiger partial charge is 0.310 e. The summed E-state index contributed by atoms with van der Waals surface area (Å²) in [5, 5.41) is 14.2. The maximum atomic E-state index is 10.7. The number of nitrogens with one attached hydrogen (secondary N) is 1. The third kappa shape index (κ3) is 6.15. The van der Waals surface area contributed by atoms with Crippen LogP contribution in [0.3, 0.4) is 0 Å². The van der Waals surface area contributed by atoms with Crippen molar-refractivity contribution in [1.29, 1.82) is 0 Å². The van der Waals surface area contributed by atoms with E-state index in [4.69, 9.17) is 0 Å². The number of nitro groups is 1. The highest BCUT2D eigenvalue weighted by Crippen LogP contribution is 2.18. The average Bonchev–Trinajstić information content (AvgIpc) is 2.46.